The molecule has 2 aromatic heterocycles. The van der Waals surface area contributed by atoms with E-state index in [1.807, 2.05) is 0 Å². The molecule has 6 nitrogen and oxygen atoms in total. The number of carboxylic acid groups (broad SMARTS) is 1. The smallest absolute Gasteiger partial charge is 0.337 e. The Morgan fingerprint density at radius 3 is 2.67 bits per heavy atom. The molecule has 0 aliphatic carbocycles. The molecule has 15 heavy (non-hydrogen) atoms. The fourth-order valence-electron chi connectivity index (χ4n) is 1.12. The monoisotopic (exact) mass is 205 g/mol. The number of nitrogens with one attached hydrogen (secondary N) is 1. The van der Waals surface area contributed by atoms with Gasteiger partial charge in [0.2, 0.25) is 0 Å². The molecule has 0 saturated carbocycles. The molecule has 0 radical (unpaired) electrons. The summed E-state index contributed by atoms with van der Waals surface area (Å²) in [5.41, 5.74) is -0.132. The standard InChI is InChI=1S/C9H7N3O3/c13-8-3-4-12(11-8)7-2-1-6(5-10-7)9(14)15/h1-5H,(H,11,13)(H,14,15). The maximum Gasteiger partial charge on any atom is 0.337 e. The van der Waals surface area contributed by atoms with Gasteiger partial charge < -0.3 is 5.11 Å². The first-order valence-electron chi connectivity index (χ1n) is 4.14. The Morgan fingerprint density at radius 2 is 2.20 bits per heavy atom. The second kappa shape index (κ2) is 3.41. The minimum absolute atomic E-state index is 0.105. The largest absolute Gasteiger partial charge is 0.478 e. The van der Waals surface area contributed by atoms with E-state index >= 15 is 0 Å². The number of carboxylic acids is 1. The first-order valence-corrected chi connectivity index (χ1v) is 4.14. The molecule has 0 unspecified atom stereocenters. The van der Waals surface area contributed by atoms with E-state index in [9.17, 15) is 9.59 Å². The van der Waals surface area contributed by atoms with E-state index in [4.69, 9.17) is 5.11 Å². The quantitative estimate of drug-likeness (QED) is 0.736. The van der Waals surface area contributed by atoms with Crippen molar-refractivity contribution >= 4 is 5.97 Å². The van der Waals surface area contributed by atoms with Gasteiger partial charge in [-0.2, -0.15) is 0 Å². The molecule has 0 atom stereocenters. The van der Waals surface area contributed by atoms with Crippen molar-refractivity contribution in [1.82, 2.24) is 14.8 Å². The minimum atomic E-state index is -1.03. The number of aromatic carboxylic acids is 1. The highest BCUT2D eigenvalue weighted by Crippen LogP contribution is 2.03. The molecule has 2 N–H and O–H groups in total. The molecule has 2 heterocycles. The summed E-state index contributed by atoms with van der Waals surface area (Å²) in [4.78, 5) is 25.3. The maximum absolute atomic E-state index is 10.8. The van der Waals surface area contributed by atoms with Gasteiger partial charge in [-0.25, -0.2) is 14.5 Å². The lowest BCUT2D eigenvalue weighted by Gasteiger charge is -2.00. The van der Waals surface area contributed by atoms with Crippen LogP contribution in [0.25, 0.3) is 5.82 Å². The molecule has 2 aromatic rings. The third-order valence-corrected chi connectivity index (χ3v) is 1.85. The first kappa shape index (κ1) is 9.20. The lowest BCUT2D eigenvalue weighted by Crippen LogP contribution is -2.05. The summed E-state index contributed by atoms with van der Waals surface area (Å²) in [5, 5.41) is 11.1. The predicted molar refractivity (Wildman–Crippen MR) is 51.1 cm³/mol. The number of aromatic nitrogens is 3. The fraction of sp³-hybridized carbons (Fsp3) is 0. The van der Waals surface area contributed by atoms with Gasteiger partial charge in [0.1, 0.15) is 0 Å². The third kappa shape index (κ3) is 1.78. The van der Waals surface area contributed by atoms with Crippen molar-refractivity contribution in [3.05, 3.63) is 46.5 Å². The Kier molecular flexibility index (Phi) is 2.09. The van der Waals surface area contributed by atoms with Gasteiger partial charge in [0.25, 0.3) is 5.56 Å². The fourth-order valence-corrected chi connectivity index (χ4v) is 1.12. The zero-order valence-corrected chi connectivity index (χ0v) is 7.54. The second-order valence-electron chi connectivity index (χ2n) is 2.87. The van der Waals surface area contributed by atoms with Crippen molar-refractivity contribution in [3.63, 3.8) is 0 Å². The van der Waals surface area contributed by atoms with Crippen LogP contribution < -0.4 is 5.56 Å². The van der Waals surface area contributed by atoms with Crippen molar-refractivity contribution in [1.29, 1.82) is 0 Å². The average Bonchev–Trinajstić information content (AvgIpc) is 2.65. The average molecular weight is 205 g/mol. The summed E-state index contributed by atoms with van der Waals surface area (Å²) in [6.07, 6.45) is 2.75. The van der Waals surface area contributed by atoms with Gasteiger partial charge in [-0.3, -0.25) is 9.89 Å². The first-order chi connectivity index (χ1) is 7.16. The lowest BCUT2D eigenvalue weighted by atomic mass is 10.3. The van der Waals surface area contributed by atoms with Crippen LogP contribution in [0, 0.1) is 0 Å². The highest BCUT2D eigenvalue weighted by atomic mass is 16.4. The van der Waals surface area contributed by atoms with E-state index in [2.05, 4.69) is 10.1 Å². The van der Waals surface area contributed by atoms with Crippen LogP contribution in [0.5, 0.6) is 0 Å². The highest BCUT2D eigenvalue weighted by molar-refractivity contribution is 5.87. The van der Waals surface area contributed by atoms with Gasteiger partial charge in [0.05, 0.1) is 5.56 Å². The van der Waals surface area contributed by atoms with E-state index in [0.717, 1.165) is 0 Å². The molecule has 2 rings (SSSR count). The Labute approximate surface area is 83.8 Å². The predicted octanol–water partition coefficient (Wildman–Crippen LogP) is 0.259. The van der Waals surface area contributed by atoms with Crippen LogP contribution in [0.2, 0.25) is 0 Å². The number of carbonyl (C=O) groups is 1. The van der Waals surface area contributed by atoms with Gasteiger partial charge in [-0.05, 0) is 12.1 Å². The molecule has 0 aliphatic rings. The van der Waals surface area contributed by atoms with Crippen molar-refractivity contribution in [2.24, 2.45) is 0 Å². The zero-order valence-electron chi connectivity index (χ0n) is 7.54. The molecule has 0 saturated heterocycles. The van der Waals surface area contributed by atoms with Crippen molar-refractivity contribution in [2.45, 2.75) is 0 Å². The molecule has 0 fully saturated rings. The molecule has 6 heteroatoms. The Morgan fingerprint density at radius 1 is 1.40 bits per heavy atom. The van der Waals surface area contributed by atoms with E-state index in [0.29, 0.717) is 5.82 Å². The van der Waals surface area contributed by atoms with E-state index in [1.165, 1.54) is 35.3 Å². The maximum atomic E-state index is 10.8. The minimum Gasteiger partial charge on any atom is -0.478 e. The summed E-state index contributed by atoms with van der Waals surface area (Å²) < 4.78 is 1.41. The summed E-state index contributed by atoms with van der Waals surface area (Å²) >= 11 is 0. The number of nitrogens with zero attached hydrogens (tertiary/aromatic N) is 2. The number of rotatable bonds is 2. The summed E-state index contributed by atoms with van der Waals surface area (Å²) in [6, 6.07) is 4.29. The molecular weight excluding hydrogens is 198 g/mol. The van der Waals surface area contributed by atoms with Crippen molar-refractivity contribution in [2.75, 3.05) is 0 Å². The molecule has 0 aromatic carbocycles. The number of H-pyrrole nitrogens is 1. The van der Waals surface area contributed by atoms with Gasteiger partial charge in [-0.1, -0.05) is 0 Å². The van der Waals surface area contributed by atoms with Gasteiger partial charge in [-0.15, -0.1) is 0 Å². The van der Waals surface area contributed by atoms with Gasteiger partial charge in [0.15, 0.2) is 5.82 Å². The van der Waals surface area contributed by atoms with Crippen LogP contribution in [0.3, 0.4) is 0 Å². The van der Waals surface area contributed by atoms with E-state index in [1.54, 1.807) is 0 Å². The van der Waals surface area contributed by atoms with Gasteiger partial charge >= 0.3 is 5.97 Å². The second-order valence-corrected chi connectivity index (χ2v) is 2.87. The topological polar surface area (TPSA) is 88.0 Å². The Hall–Kier alpha value is -2.37. The van der Waals surface area contributed by atoms with Crippen LogP contribution in [0.15, 0.2) is 35.4 Å². The highest BCUT2D eigenvalue weighted by Gasteiger charge is 2.03. The molecule has 0 aliphatic heterocycles. The lowest BCUT2D eigenvalue weighted by molar-refractivity contribution is 0.0696. The number of hydrogen-bond donors (Lipinski definition) is 2. The number of aromatic amines is 1. The normalized spacial score (nSPS) is 10.1. The molecule has 76 valence electrons. The number of pyridine rings is 1. The Balaban J connectivity index is 2.39. The van der Waals surface area contributed by atoms with Crippen LogP contribution in [-0.4, -0.2) is 25.8 Å². The molecule has 0 spiro atoms. The van der Waals surface area contributed by atoms with Crippen LogP contribution in [-0.2, 0) is 0 Å². The van der Waals surface area contributed by atoms with Gasteiger partial charge in [0, 0.05) is 18.5 Å². The van der Waals surface area contributed by atoms with Crippen LogP contribution in [0.1, 0.15) is 10.4 Å². The molecule has 0 bridgehead atoms. The SMILES string of the molecule is O=C(O)c1ccc(-n2ccc(=O)[nH]2)nc1. The molecule has 0 amide bonds. The Bertz CT molecular complexity index is 538. The number of hydrogen-bond acceptors (Lipinski definition) is 3. The third-order valence-electron chi connectivity index (χ3n) is 1.85. The summed E-state index contributed by atoms with van der Waals surface area (Å²) in [6.45, 7) is 0. The molecular formula is C9H7N3O3. The summed E-state index contributed by atoms with van der Waals surface area (Å²) in [7, 11) is 0. The van der Waals surface area contributed by atoms with E-state index in [-0.39, 0.29) is 11.1 Å². The van der Waals surface area contributed by atoms with Crippen molar-refractivity contribution < 1.29 is 9.90 Å². The summed E-state index contributed by atoms with van der Waals surface area (Å²) in [5.74, 6) is -0.572. The van der Waals surface area contributed by atoms with Crippen LogP contribution in [0.4, 0.5) is 0 Å². The zero-order chi connectivity index (χ0) is 10.8. The van der Waals surface area contributed by atoms with Crippen LogP contribution >= 0.6 is 0 Å². The van der Waals surface area contributed by atoms with Crippen molar-refractivity contribution in [3.8, 4) is 5.82 Å². The van der Waals surface area contributed by atoms with E-state index < -0.39 is 5.97 Å².